The first-order valence-corrected chi connectivity index (χ1v) is 3.86. The van der Waals surface area contributed by atoms with E-state index in [-0.39, 0.29) is 5.75 Å². The molecule has 0 heterocycles. The molecule has 0 aromatic heterocycles. The smallest absolute Gasteiger partial charge is 0.416 e. The fraction of sp³-hybridized carbons (Fsp3) is 0.333. The molecule has 0 spiro atoms. The first-order valence-electron chi connectivity index (χ1n) is 3.86. The molecule has 0 saturated heterocycles. The molecule has 1 aromatic carbocycles. The van der Waals surface area contributed by atoms with E-state index in [0.717, 1.165) is 24.3 Å². The first kappa shape index (κ1) is 11.8. The van der Waals surface area contributed by atoms with Crippen LogP contribution in [0.15, 0.2) is 24.3 Å². The van der Waals surface area contributed by atoms with Crippen molar-refractivity contribution in [3.05, 3.63) is 29.8 Å². The minimum absolute atomic E-state index is 0.169. The maximum atomic E-state index is 11.8. The number of hydrogen-bond donors (Lipinski definition) is 1. The number of benzene rings is 1. The van der Waals surface area contributed by atoms with E-state index in [1.807, 2.05) is 13.8 Å². The summed E-state index contributed by atoms with van der Waals surface area (Å²) in [4.78, 5) is 0. The molecule has 4 heteroatoms. The van der Waals surface area contributed by atoms with Gasteiger partial charge in [0.15, 0.2) is 0 Å². The molecule has 0 fully saturated rings. The Balaban J connectivity index is 0.000000671. The van der Waals surface area contributed by atoms with Gasteiger partial charge in [0, 0.05) is 0 Å². The summed E-state index contributed by atoms with van der Waals surface area (Å²) in [5.74, 6) is -0.169. The van der Waals surface area contributed by atoms with Crippen molar-refractivity contribution in [2.75, 3.05) is 0 Å². The summed E-state index contributed by atoms with van der Waals surface area (Å²) in [5, 5.41) is 8.66. The Morgan fingerprint density at radius 2 is 1.38 bits per heavy atom. The molecule has 1 aromatic rings. The Kier molecular flexibility index (Phi) is 4.31. The van der Waals surface area contributed by atoms with Gasteiger partial charge in [-0.05, 0) is 24.3 Å². The molecule has 0 atom stereocenters. The second kappa shape index (κ2) is 4.74. The monoisotopic (exact) mass is 192 g/mol. The topological polar surface area (TPSA) is 20.2 Å². The fourth-order valence-corrected chi connectivity index (χ4v) is 0.650. The lowest BCUT2D eigenvalue weighted by molar-refractivity contribution is -0.137. The maximum Gasteiger partial charge on any atom is 0.416 e. The lowest BCUT2D eigenvalue weighted by Gasteiger charge is -2.04. The van der Waals surface area contributed by atoms with Crippen LogP contribution in [-0.4, -0.2) is 5.11 Å². The minimum Gasteiger partial charge on any atom is -0.508 e. The number of phenolic OH excluding ortho intramolecular Hbond substituents is 1. The molecule has 1 nitrogen and oxygen atoms in total. The van der Waals surface area contributed by atoms with Crippen molar-refractivity contribution < 1.29 is 18.3 Å². The molecule has 1 rings (SSSR count). The summed E-state index contributed by atoms with van der Waals surface area (Å²) in [6.45, 7) is 4.00. The van der Waals surface area contributed by atoms with E-state index in [1.54, 1.807) is 0 Å². The predicted molar refractivity (Wildman–Crippen MR) is 44.5 cm³/mol. The van der Waals surface area contributed by atoms with Crippen LogP contribution < -0.4 is 0 Å². The third-order valence-corrected chi connectivity index (χ3v) is 1.19. The van der Waals surface area contributed by atoms with Crippen molar-refractivity contribution in [3.8, 4) is 5.75 Å². The molecule has 0 saturated carbocycles. The average Bonchev–Trinajstić information content (AvgIpc) is 2.07. The molecule has 0 aliphatic heterocycles. The zero-order valence-electron chi connectivity index (χ0n) is 7.39. The Hall–Kier alpha value is -1.19. The van der Waals surface area contributed by atoms with Crippen LogP contribution in [0, 0.1) is 0 Å². The average molecular weight is 192 g/mol. The summed E-state index contributed by atoms with van der Waals surface area (Å²) in [5.41, 5.74) is -0.754. The summed E-state index contributed by atoms with van der Waals surface area (Å²) in [6, 6.07) is 3.66. The highest BCUT2D eigenvalue weighted by Crippen LogP contribution is 2.29. The van der Waals surface area contributed by atoms with E-state index in [4.69, 9.17) is 5.11 Å². The Labute approximate surface area is 74.8 Å². The number of hydrogen-bond acceptors (Lipinski definition) is 1. The van der Waals surface area contributed by atoms with Gasteiger partial charge in [0.05, 0.1) is 5.56 Å². The van der Waals surface area contributed by atoms with Crippen molar-refractivity contribution in [2.45, 2.75) is 20.0 Å². The number of rotatable bonds is 0. The first-order chi connectivity index (χ1) is 6.00. The number of phenols is 1. The van der Waals surface area contributed by atoms with Gasteiger partial charge in [-0.15, -0.1) is 0 Å². The quantitative estimate of drug-likeness (QED) is 0.667. The van der Waals surface area contributed by atoms with Crippen molar-refractivity contribution in [2.24, 2.45) is 0 Å². The van der Waals surface area contributed by atoms with Gasteiger partial charge in [0.25, 0.3) is 0 Å². The number of alkyl halides is 3. The number of aromatic hydroxyl groups is 1. The van der Waals surface area contributed by atoms with E-state index in [1.165, 1.54) is 0 Å². The van der Waals surface area contributed by atoms with Crippen molar-refractivity contribution >= 4 is 0 Å². The van der Waals surface area contributed by atoms with Gasteiger partial charge in [-0.25, -0.2) is 0 Å². The molecule has 1 N–H and O–H groups in total. The summed E-state index contributed by atoms with van der Waals surface area (Å²) < 4.78 is 35.5. The van der Waals surface area contributed by atoms with Crippen LogP contribution in [0.3, 0.4) is 0 Å². The van der Waals surface area contributed by atoms with E-state index in [0.29, 0.717) is 0 Å². The van der Waals surface area contributed by atoms with Crippen LogP contribution in [0.4, 0.5) is 13.2 Å². The van der Waals surface area contributed by atoms with E-state index in [2.05, 4.69) is 0 Å². The molecule has 0 amide bonds. The highest BCUT2D eigenvalue weighted by Gasteiger charge is 2.29. The molecule has 0 aliphatic rings. The SMILES string of the molecule is CC.Oc1ccc(C(F)(F)F)cc1. The Bertz CT molecular complexity index is 238. The van der Waals surface area contributed by atoms with Gasteiger partial charge in [-0.3, -0.25) is 0 Å². The lowest BCUT2D eigenvalue weighted by Crippen LogP contribution is -2.03. The van der Waals surface area contributed by atoms with Gasteiger partial charge in [0.1, 0.15) is 5.75 Å². The fourth-order valence-electron chi connectivity index (χ4n) is 0.650. The highest BCUT2D eigenvalue weighted by atomic mass is 19.4. The molecule has 0 unspecified atom stereocenters. The van der Waals surface area contributed by atoms with Gasteiger partial charge in [-0.1, -0.05) is 13.8 Å². The van der Waals surface area contributed by atoms with Crippen LogP contribution in [0.1, 0.15) is 19.4 Å². The third kappa shape index (κ3) is 3.83. The van der Waals surface area contributed by atoms with Crippen LogP contribution >= 0.6 is 0 Å². The lowest BCUT2D eigenvalue weighted by atomic mass is 10.2. The Morgan fingerprint density at radius 1 is 1.00 bits per heavy atom. The van der Waals surface area contributed by atoms with Crippen molar-refractivity contribution in [1.29, 1.82) is 0 Å². The van der Waals surface area contributed by atoms with Crippen molar-refractivity contribution in [3.63, 3.8) is 0 Å². The van der Waals surface area contributed by atoms with Crippen LogP contribution in [0.2, 0.25) is 0 Å². The summed E-state index contributed by atoms with van der Waals surface area (Å²) in [7, 11) is 0. The second-order valence-electron chi connectivity index (χ2n) is 2.04. The molecule has 74 valence electrons. The molecule has 0 radical (unpaired) electrons. The standard InChI is InChI=1S/C7H5F3O.C2H6/c8-7(9,10)5-1-3-6(11)4-2-5;1-2/h1-4,11H;1-2H3. The zero-order chi connectivity index (χ0) is 10.5. The van der Waals surface area contributed by atoms with Crippen molar-refractivity contribution in [1.82, 2.24) is 0 Å². The van der Waals surface area contributed by atoms with E-state index >= 15 is 0 Å². The molecule has 0 aliphatic carbocycles. The van der Waals surface area contributed by atoms with E-state index < -0.39 is 11.7 Å². The molecular weight excluding hydrogens is 181 g/mol. The van der Waals surface area contributed by atoms with Gasteiger partial charge in [0.2, 0.25) is 0 Å². The van der Waals surface area contributed by atoms with Gasteiger partial charge < -0.3 is 5.11 Å². The molecular formula is C9H11F3O. The summed E-state index contributed by atoms with van der Waals surface area (Å²) in [6.07, 6.45) is -4.33. The van der Waals surface area contributed by atoms with E-state index in [9.17, 15) is 13.2 Å². The normalized spacial score (nSPS) is 10.2. The number of halogens is 3. The minimum atomic E-state index is -4.33. The largest absolute Gasteiger partial charge is 0.508 e. The third-order valence-electron chi connectivity index (χ3n) is 1.19. The second-order valence-corrected chi connectivity index (χ2v) is 2.04. The Morgan fingerprint density at radius 3 is 1.69 bits per heavy atom. The maximum absolute atomic E-state index is 11.8. The molecule has 13 heavy (non-hydrogen) atoms. The van der Waals surface area contributed by atoms with Gasteiger partial charge >= 0.3 is 6.18 Å². The van der Waals surface area contributed by atoms with Crippen LogP contribution in [0.5, 0.6) is 5.75 Å². The predicted octanol–water partition coefficient (Wildman–Crippen LogP) is 3.44. The van der Waals surface area contributed by atoms with Gasteiger partial charge in [-0.2, -0.15) is 13.2 Å². The highest BCUT2D eigenvalue weighted by molar-refractivity contribution is 5.27. The molecule has 0 bridgehead atoms. The van der Waals surface area contributed by atoms with Crippen LogP contribution in [-0.2, 0) is 6.18 Å². The summed E-state index contributed by atoms with van der Waals surface area (Å²) >= 11 is 0. The van der Waals surface area contributed by atoms with Crippen LogP contribution in [0.25, 0.3) is 0 Å². The zero-order valence-corrected chi connectivity index (χ0v) is 7.39.